The van der Waals surface area contributed by atoms with Crippen LogP contribution in [0.2, 0.25) is 0 Å². The van der Waals surface area contributed by atoms with Gasteiger partial charge in [-0.1, -0.05) is 17.3 Å². The number of benzene rings is 2. The highest BCUT2D eigenvalue weighted by Gasteiger charge is 2.31. The first-order valence-corrected chi connectivity index (χ1v) is 11.4. The molecule has 176 valence electrons. The van der Waals surface area contributed by atoms with Crippen LogP contribution in [0, 0.1) is 15.9 Å². The summed E-state index contributed by atoms with van der Waals surface area (Å²) in [7, 11) is 0. The zero-order chi connectivity index (χ0) is 23.7. The molecule has 1 aromatic heterocycles. The fraction of sp³-hybridized carbons (Fsp3) is 0.375. The number of carbonyl (C=O) groups excluding carboxylic acids is 1. The summed E-state index contributed by atoms with van der Waals surface area (Å²) in [5.74, 6) is -0.113. The van der Waals surface area contributed by atoms with Crippen molar-refractivity contribution in [1.82, 2.24) is 15.0 Å². The van der Waals surface area contributed by atoms with Crippen molar-refractivity contribution in [2.75, 3.05) is 31.1 Å². The molecular formula is C24H24FN5O4. The van der Waals surface area contributed by atoms with Crippen molar-refractivity contribution in [3.05, 3.63) is 69.9 Å². The summed E-state index contributed by atoms with van der Waals surface area (Å²) in [5, 5.41) is 15.7. The Bertz CT molecular complexity index is 1220. The molecule has 0 N–H and O–H groups in total. The molecule has 0 spiro atoms. The zero-order valence-electron chi connectivity index (χ0n) is 18.5. The van der Waals surface area contributed by atoms with E-state index in [9.17, 15) is 19.3 Å². The van der Waals surface area contributed by atoms with Crippen molar-refractivity contribution < 1.29 is 18.6 Å². The lowest BCUT2D eigenvalue weighted by molar-refractivity contribution is -0.384. The van der Waals surface area contributed by atoms with E-state index in [-0.39, 0.29) is 23.3 Å². The highest BCUT2D eigenvalue weighted by molar-refractivity contribution is 5.96. The summed E-state index contributed by atoms with van der Waals surface area (Å²) >= 11 is 0. The number of carbonyl (C=O) groups is 1. The number of nitrogens with zero attached hydrogens (tertiary/aromatic N) is 5. The summed E-state index contributed by atoms with van der Waals surface area (Å²) in [4.78, 5) is 32.6. The largest absolute Gasteiger partial charge is 0.366 e. The number of hydrogen-bond donors (Lipinski definition) is 0. The van der Waals surface area contributed by atoms with Gasteiger partial charge in [0.1, 0.15) is 11.5 Å². The van der Waals surface area contributed by atoms with E-state index in [4.69, 9.17) is 4.52 Å². The van der Waals surface area contributed by atoms with Gasteiger partial charge in [0.05, 0.1) is 10.8 Å². The van der Waals surface area contributed by atoms with Gasteiger partial charge in [-0.25, -0.2) is 4.39 Å². The molecule has 5 rings (SSSR count). The van der Waals surface area contributed by atoms with E-state index in [1.807, 2.05) is 4.90 Å². The van der Waals surface area contributed by atoms with Crippen LogP contribution >= 0.6 is 0 Å². The summed E-state index contributed by atoms with van der Waals surface area (Å²) in [6, 6.07) is 10.7. The topological polar surface area (TPSA) is 106 Å². The number of anilines is 1. The Hall–Kier alpha value is -3.82. The van der Waals surface area contributed by atoms with Crippen LogP contribution in [-0.4, -0.2) is 52.1 Å². The summed E-state index contributed by atoms with van der Waals surface area (Å²) < 4.78 is 19.0. The molecule has 3 aromatic rings. The highest BCUT2D eigenvalue weighted by Crippen LogP contribution is 2.33. The van der Waals surface area contributed by atoms with Crippen molar-refractivity contribution in [2.24, 2.45) is 0 Å². The van der Waals surface area contributed by atoms with Gasteiger partial charge in [0.25, 0.3) is 11.6 Å². The molecule has 0 bridgehead atoms. The third-order valence-electron chi connectivity index (χ3n) is 6.45. The van der Waals surface area contributed by atoms with E-state index in [2.05, 4.69) is 10.1 Å². The van der Waals surface area contributed by atoms with Crippen LogP contribution in [0.5, 0.6) is 0 Å². The Kier molecular flexibility index (Phi) is 5.95. The minimum absolute atomic E-state index is 0.0436. The van der Waals surface area contributed by atoms with Crippen LogP contribution in [-0.2, 0) is 0 Å². The number of amides is 1. The molecule has 3 heterocycles. The average Bonchev–Trinajstić information content (AvgIpc) is 3.56. The lowest BCUT2D eigenvalue weighted by atomic mass is 9.97. The van der Waals surface area contributed by atoms with E-state index in [0.29, 0.717) is 41.6 Å². The van der Waals surface area contributed by atoms with Gasteiger partial charge < -0.3 is 14.3 Å². The maximum atomic E-state index is 13.5. The van der Waals surface area contributed by atoms with E-state index >= 15 is 0 Å². The Balaban J connectivity index is 1.33. The quantitative estimate of drug-likeness (QED) is 0.406. The molecule has 1 unspecified atom stereocenters. The standard InChI is InChI=1S/C24H24FN5O4/c25-19-7-3-5-16(13-19)22-26-23(34-27-22)18-6-4-12-29(15-18)24(31)17-8-9-20(21(14-17)30(32)33)28-10-1-2-11-28/h3,5,7-9,13-14,18H,1-2,4,6,10-12,15H2. The predicted octanol–water partition coefficient (Wildman–Crippen LogP) is 4.40. The molecule has 2 saturated heterocycles. The molecule has 2 aliphatic heterocycles. The van der Waals surface area contributed by atoms with Crippen molar-refractivity contribution in [1.29, 1.82) is 0 Å². The average molecular weight is 465 g/mol. The fourth-order valence-electron chi connectivity index (χ4n) is 4.72. The molecule has 10 heteroatoms. The number of nitro benzene ring substituents is 1. The van der Waals surface area contributed by atoms with Crippen LogP contribution in [0.25, 0.3) is 11.4 Å². The molecule has 0 radical (unpaired) electrons. The minimum atomic E-state index is -0.421. The number of halogens is 1. The molecule has 0 saturated carbocycles. The van der Waals surface area contributed by atoms with Gasteiger partial charge in [0.15, 0.2) is 0 Å². The van der Waals surface area contributed by atoms with E-state index < -0.39 is 4.92 Å². The van der Waals surface area contributed by atoms with Crippen molar-refractivity contribution in [2.45, 2.75) is 31.6 Å². The molecule has 1 atom stereocenters. The van der Waals surface area contributed by atoms with Crippen LogP contribution in [0.15, 0.2) is 47.0 Å². The first kappa shape index (κ1) is 22.0. The SMILES string of the molecule is O=C(c1ccc(N2CCCC2)c([N+](=O)[O-])c1)N1CCCC(c2nc(-c3cccc(F)c3)no2)C1. The summed E-state index contributed by atoms with van der Waals surface area (Å²) in [6.07, 6.45) is 3.51. The van der Waals surface area contributed by atoms with Gasteiger partial charge in [0, 0.05) is 43.4 Å². The van der Waals surface area contributed by atoms with Gasteiger partial charge in [-0.3, -0.25) is 14.9 Å². The predicted molar refractivity (Wildman–Crippen MR) is 122 cm³/mol. The Labute approximate surface area is 195 Å². The lowest BCUT2D eigenvalue weighted by Crippen LogP contribution is -2.39. The second kappa shape index (κ2) is 9.20. The lowest BCUT2D eigenvalue weighted by Gasteiger charge is -2.31. The number of aromatic nitrogens is 2. The van der Waals surface area contributed by atoms with Crippen LogP contribution in [0.4, 0.5) is 15.8 Å². The maximum Gasteiger partial charge on any atom is 0.293 e. The monoisotopic (exact) mass is 465 g/mol. The molecule has 9 nitrogen and oxygen atoms in total. The maximum absolute atomic E-state index is 13.5. The number of piperidine rings is 1. The Morgan fingerprint density at radius 1 is 1.12 bits per heavy atom. The fourth-order valence-corrected chi connectivity index (χ4v) is 4.72. The zero-order valence-corrected chi connectivity index (χ0v) is 18.5. The number of rotatable bonds is 5. The number of nitro groups is 1. The van der Waals surface area contributed by atoms with E-state index in [1.165, 1.54) is 18.2 Å². The van der Waals surface area contributed by atoms with Crippen LogP contribution in [0.3, 0.4) is 0 Å². The second-order valence-electron chi connectivity index (χ2n) is 8.71. The Morgan fingerprint density at radius 2 is 1.94 bits per heavy atom. The molecule has 2 fully saturated rings. The molecular weight excluding hydrogens is 441 g/mol. The second-order valence-corrected chi connectivity index (χ2v) is 8.71. The number of hydrogen-bond acceptors (Lipinski definition) is 7. The molecule has 0 aliphatic carbocycles. The first-order valence-electron chi connectivity index (χ1n) is 11.4. The summed E-state index contributed by atoms with van der Waals surface area (Å²) in [6.45, 7) is 2.47. The van der Waals surface area contributed by atoms with Crippen molar-refractivity contribution in [3.63, 3.8) is 0 Å². The summed E-state index contributed by atoms with van der Waals surface area (Å²) in [5.41, 5.74) is 1.33. The van der Waals surface area contributed by atoms with Crippen LogP contribution in [0.1, 0.15) is 47.8 Å². The van der Waals surface area contributed by atoms with E-state index in [1.54, 1.807) is 29.2 Å². The Morgan fingerprint density at radius 3 is 2.71 bits per heavy atom. The van der Waals surface area contributed by atoms with Gasteiger partial charge >= 0.3 is 0 Å². The smallest absolute Gasteiger partial charge is 0.293 e. The first-order chi connectivity index (χ1) is 16.5. The van der Waals surface area contributed by atoms with Crippen molar-refractivity contribution in [3.8, 4) is 11.4 Å². The molecule has 34 heavy (non-hydrogen) atoms. The number of likely N-dealkylation sites (tertiary alicyclic amines) is 1. The van der Waals surface area contributed by atoms with Gasteiger partial charge in [-0.15, -0.1) is 0 Å². The van der Waals surface area contributed by atoms with E-state index in [0.717, 1.165) is 38.8 Å². The van der Waals surface area contributed by atoms with Gasteiger partial charge in [-0.2, -0.15) is 4.98 Å². The van der Waals surface area contributed by atoms with Crippen molar-refractivity contribution >= 4 is 17.3 Å². The molecule has 2 aromatic carbocycles. The minimum Gasteiger partial charge on any atom is -0.366 e. The molecule has 2 aliphatic rings. The normalized spacial score (nSPS) is 18.3. The third kappa shape index (κ3) is 4.35. The third-order valence-corrected chi connectivity index (χ3v) is 6.45. The van der Waals surface area contributed by atoms with Gasteiger partial charge in [-0.05, 0) is 49.9 Å². The highest BCUT2D eigenvalue weighted by atomic mass is 19.1. The van der Waals surface area contributed by atoms with Crippen LogP contribution < -0.4 is 4.90 Å². The van der Waals surface area contributed by atoms with Gasteiger partial charge in [0.2, 0.25) is 11.7 Å². The molecule has 1 amide bonds.